The van der Waals surface area contributed by atoms with Gasteiger partial charge in [0, 0.05) is 23.7 Å². The molecule has 6 heteroatoms. The normalized spacial score (nSPS) is 10.8. The molecule has 0 bridgehead atoms. The predicted octanol–water partition coefficient (Wildman–Crippen LogP) is 4.97. The molecule has 0 aliphatic rings. The summed E-state index contributed by atoms with van der Waals surface area (Å²) in [5, 5.41) is 0.559. The van der Waals surface area contributed by atoms with Gasteiger partial charge in [-0.1, -0.05) is 54.2 Å². The number of aromatic amines is 1. The van der Waals surface area contributed by atoms with E-state index >= 15 is 0 Å². The van der Waals surface area contributed by atoms with Gasteiger partial charge in [0.25, 0.3) is 5.56 Å². The highest BCUT2D eigenvalue weighted by molar-refractivity contribution is 7.99. The highest BCUT2D eigenvalue weighted by Crippen LogP contribution is 2.29. The van der Waals surface area contributed by atoms with Crippen LogP contribution in [-0.4, -0.2) is 20.7 Å². The van der Waals surface area contributed by atoms with Crippen molar-refractivity contribution < 1.29 is 4.39 Å². The molecule has 0 aliphatic heterocycles. The molecule has 0 amide bonds. The highest BCUT2D eigenvalue weighted by Gasteiger charge is 2.16. The number of thioether (sulfide) groups is 1. The Morgan fingerprint density at radius 2 is 1.62 bits per heavy atom. The lowest BCUT2D eigenvalue weighted by molar-refractivity contribution is 0.628. The fraction of sp³-hybridized carbons (Fsp3) is 0.0870. The first-order valence-corrected chi connectivity index (χ1v) is 10.2. The van der Waals surface area contributed by atoms with Crippen LogP contribution in [0.2, 0.25) is 0 Å². The molecule has 0 spiro atoms. The van der Waals surface area contributed by atoms with E-state index in [1.165, 1.54) is 29.5 Å². The second-order valence-electron chi connectivity index (χ2n) is 6.42. The van der Waals surface area contributed by atoms with Crippen LogP contribution in [0.3, 0.4) is 0 Å². The Morgan fingerprint density at radius 3 is 2.34 bits per heavy atom. The molecule has 2 heterocycles. The first-order chi connectivity index (χ1) is 14.2. The summed E-state index contributed by atoms with van der Waals surface area (Å²) >= 11 is 1.50. The third-order valence-corrected chi connectivity index (χ3v) is 5.33. The van der Waals surface area contributed by atoms with Gasteiger partial charge in [0.2, 0.25) is 0 Å². The Bertz CT molecular complexity index is 1150. The minimum Gasteiger partial charge on any atom is -0.301 e. The fourth-order valence-corrected chi connectivity index (χ4v) is 3.89. The number of hydrogen-bond donors (Lipinski definition) is 1. The van der Waals surface area contributed by atoms with E-state index in [1.807, 2.05) is 30.3 Å². The standard InChI is InChI=1S/C23H18FN3OS/c24-19-8-6-17(7-9-19)20-21(18-10-13-25-14-11-18)26-23(27-22(20)28)29-15-12-16-4-2-1-3-5-16/h1-11,13-14H,12,15H2,(H,26,27,28). The lowest BCUT2D eigenvalue weighted by atomic mass is 10.0. The zero-order chi connectivity index (χ0) is 20.1. The molecule has 0 radical (unpaired) electrons. The van der Waals surface area contributed by atoms with Gasteiger partial charge in [-0.05, 0) is 41.8 Å². The third kappa shape index (κ3) is 4.60. The maximum Gasteiger partial charge on any atom is 0.260 e. The van der Waals surface area contributed by atoms with Crippen LogP contribution in [0.25, 0.3) is 22.4 Å². The Balaban J connectivity index is 1.69. The van der Waals surface area contributed by atoms with Crippen LogP contribution in [0, 0.1) is 5.82 Å². The van der Waals surface area contributed by atoms with E-state index in [2.05, 4.69) is 22.1 Å². The number of aromatic nitrogens is 3. The van der Waals surface area contributed by atoms with Gasteiger partial charge in [-0.3, -0.25) is 9.78 Å². The Hall–Kier alpha value is -3.25. The van der Waals surface area contributed by atoms with Gasteiger partial charge in [-0.2, -0.15) is 0 Å². The lowest BCUT2D eigenvalue weighted by Crippen LogP contribution is -2.14. The van der Waals surface area contributed by atoms with E-state index in [9.17, 15) is 9.18 Å². The van der Waals surface area contributed by atoms with Crippen molar-refractivity contribution in [2.75, 3.05) is 5.75 Å². The van der Waals surface area contributed by atoms with Crippen molar-refractivity contribution in [2.45, 2.75) is 11.6 Å². The third-order valence-electron chi connectivity index (χ3n) is 4.46. The molecule has 0 aliphatic carbocycles. The molecule has 144 valence electrons. The van der Waals surface area contributed by atoms with Gasteiger partial charge < -0.3 is 4.98 Å². The van der Waals surface area contributed by atoms with Gasteiger partial charge >= 0.3 is 0 Å². The maximum atomic E-state index is 13.4. The van der Waals surface area contributed by atoms with Crippen molar-refractivity contribution in [1.82, 2.24) is 15.0 Å². The molecule has 0 unspecified atom stereocenters. The number of nitrogens with zero attached hydrogens (tertiary/aromatic N) is 2. The molecular weight excluding hydrogens is 385 g/mol. The van der Waals surface area contributed by atoms with Gasteiger partial charge in [0.15, 0.2) is 5.16 Å². The van der Waals surface area contributed by atoms with E-state index < -0.39 is 0 Å². The summed E-state index contributed by atoms with van der Waals surface area (Å²) in [4.78, 5) is 24.6. The summed E-state index contributed by atoms with van der Waals surface area (Å²) in [6.45, 7) is 0. The van der Waals surface area contributed by atoms with Crippen LogP contribution in [0.5, 0.6) is 0 Å². The van der Waals surface area contributed by atoms with Gasteiger partial charge in [-0.15, -0.1) is 0 Å². The van der Waals surface area contributed by atoms with Gasteiger partial charge in [-0.25, -0.2) is 9.37 Å². The molecule has 0 saturated carbocycles. The quantitative estimate of drug-likeness (QED) is 0.365. The van der Waals surface area contributed by atoms with Crippen molar-refractivity contribution in [1.29, 1.82) is 0 Å². The molecule has 29 heavy (non-hydrogen) atoms. The average molecular weight is 403 g/mol. The summed E-state index contributed by atoms with van der Waals surface area (Å²) < 4.78 is 13.4. The number of halogens is 1. The van der Waals surface area contributed by atoms with Crippen LogP contribution in [0.4, 0.5) is 4.39 Å². The molecular formula is C23H18FN3OS. The number of aryl methyl sites for hydroxylation is 1. The fourth-order valence-electron chi connectivity index (χ4n) is 3.03. The van der Waals surface area contributed by atoms with E-state index in [-0.39, 0.29) is 11.4 Å². The van der Waals surface area contributed by atoms with Crippen molar-refractivity contribution >= 4 is 11.8 Å². The molecule has 0 fully saturated rings. The number of rotatable bonds is 6. The van der Waals surface area contributed by atoms with Crippen molar-refractivity contribution in [3.8, 4) is 22.4 Å². The summed E-state index contributed by atoms with van der Waals surface area (Å²) in [5.41, 5.74) is 3.37. The first kappa shape index (κ1) is 19.1. The molecule has 2 aromatic carbocycles. The number of pyridine rings is 1. The first-order valence-electron chi connectivity index (χ1n) is 9.18. The highest BCUT2D eigenvalue weighted by atomic mass is 32.2. The predicted molar refractivity (Wildman–Crippen MR) is 114 cm³/mol. The van der Waals surface area contributed by atoms with Gasteiger partial charge in [0.1, 0.15) is 5.82 Å². The smallest absolute Gasteiger partial charge is 0.260 e. The lowest BCUT2D eigenvalue weighted by Gasteiger charge is -2.11. The zero-order valence-corrected chi connectivity index (χ0v) is 16.3. The van der Waals surface area contributed by atoms with E-state index in [0.29, 0.717) is 22.0 Å². The molecule has 0 saturated heterocycles. The number of nitrogens with one attached hydrogen (secondary N) is 1. The number of H-pyrrole nitrogens is 1. The molecule has 4 nitrogen and oxygen atoms in total. The molecule has 1 N–H and O–H groups in total. The van der Waals surface area contributed by atoms with Crippen molar-refractivity contribution in [2.24, 2.45) is 0 Å². The van der Waals surface area contributed by atoms with E-state index in [1.54, 1.807) is 24.5 Å². The summed E-state index contributed by atoms with van der Waals surface area (Å²) in [7, 11) is 0. The maximum absolute atomic E-state index is 13.4. The van der Waals surface area contributed by atoms with Crippen LogP contribution < -0.4 is 5.56 Å². The van der Waals surface area contributed by atoms with Crippen LogP contribution in [0.15, 0.2) is 89.1 Å². The van der Waals surface area contributed by atoms with Crippen molar-refractivity contribution in [3.63, 3.8) is 0 Å². The van der Waals surface area contributed by atoms with Crippen molar-refractivity contribution in [3.05, 3.63) is 101 Å². The summed E-state index contributed by atoms with van der Waals surface area (Å²) in [6.07, 6.45) is 4.20. The summed E-state index contributed by atoms with van der Waals surface area (Å²) in [6, 6.07) is 19.7. The molecule has 4 rings (SSSR count). The molecule has 2 aromatic heterocycles. The van der Waals surface area contributed by atoms with Gasteiger partial charge in [0.05, 0.1) is 11.3 Å². The second-order valence-corrected chi connectivity index (χ2v) is 7.51. The van der Waals surface area contributed by atoms with E-state index in [4.69, 9.17) is 4.98 Å². The number of hydrogen-bond acceptors (Lipinski definition) is 4. The van der Waals surface area contributed by atoms with E-state index in [0.717, 1.165) is 17.7 Å². The molecule has 0 atom stereocenters. The minimum absolute atomic E-state index is 0.249. The Kier molecular flexibility index (Phi) is 5.81. The SMILES string of the molecule is O=c1[nH]c(SCCc2ccccc2)nc(-c2ccncc2)c1-c1ccc(F)cc1. The monoisotopic (exact) mass is 403 g/mol. The minimum atomic E-state index is -0.350. The average Bonchev–Trinajstić information content (AvgIpc) is 2.76. The second kappa shape index (κ2) is 8.84. The Labute approximate surface area is 171 Å². The Morgan fingerprint density at radius 1 is 0.897 bits per heavy atom. The largest absolute Gasteiger partial charge is 0.301 e. The number of benzene rings is 2. The summed E-state index contributed by atoms with van der Waals surface area (Å²) in [5.74, 6) is 0.440. The zero-order valence-electron chi connectivity index (χ0n) is 15.5. The topological polar surface area (TPSA) is 58.6 Å². The molecule has 4 aromatic rings. The van der Waals surface area contributed by atoms with Crippen LogP contribution in [-0.2, 0) is 6.42 Å². The van der Waals surface area contributed by atoms with Crippen LogP contribution >= 0.6 is 11.8 Å². The van der Waals surface area contributed by atoms with Crippen LogP contribution in [0.1, 0.15) is 5.56 Å².